The summed E-state index contributed by atoms with van der Waals surface area (Å²) < 4.78 is 0. The molecule has 0 aliphatic carbocycles. The van der Waals surface area contributed by atoms with Gasteiger partial charge in [0, 0.05) is 17.8 Å². The van der Waals surface area contributed by atoms with E-state index in [1.807, 2.05) is 20.8 Å². The molecule has 0 aromatic carbocycles. The van der Waals surface area contributed by atoms with Crippen LogP contribution >= 0.6 is 0 Å². The lowest BCUT2D eigenvalue weighted by atomic mass is 9.89. The number of aliphatic hydroxyl groups is 1. The van der Waals surface area contributed by atoms with Crippen LogP contribution in [0, 0.1) is 5.92 Å². The molecule has 0 amide bonds. The lowest BCUT2D eigenvalue weighted by Crippen LogP contribution is -2.19. The van der Waals surface area contributed by atoms with Gasteiger partial charge in [-0.05, 0) is 18.8 Å². The van der Waals surface area contributed by atoms with Crippen molar-refractivity contribution in [1.29, 1.82) is 0 Å². The first kappa shape index (κ1) is 15.8. The fourth-order valence-corrected chi connectivity index (χ4v) is 1.74. The van der Waals surface area contributed by atoms with Crippen molar-refractivity contribution in [3.63, 3.8) is 0 Å². The van der Waals surface area contributed by atoms with E-state index in [1.165, 1.54) is 0 Å². The van der Waals surface area contributed by atoms with Crippen molar-refractivity contribution < 1.29 is 9.90 Å². The van der Waals surface area contributed by atoms with E-state index in [-0.39, 0.29) is 24.2 Å². The van der Waals surface area contributed by atoms with Crippen LogP contribution in [0.1, 0.15) is 52.1 Å². The summed E-state index contributed by atoms with van der Waals surface area (Å²) in [6.45, 7) is 7.67. The molecule has 0 saturated heterocycles. The SMILES string of the molecule is CC.CCC(CC(C)c1cnc[nH]1)C(=O)CO. The summed E-state index contributed by atoms with van der Waals surface area (Å²) in [7, 11) is 0. The molecule has 0 saturated carbocycles. The number of ketones is 1. The first-order valence-corrected chi connectivity index (χ1v) is 6.30. The monoisotopic (exact) mass is 240 g/mol. The van der Waals surface area contributed by atoms with Crippen LogP contribution in [0.25, 0.3) is 0 Å². The fourth-order valence-electron chi connectivity index (χ4n) is 1.74. The summed E-state index contributed by atoms with van der Waals surface area (Å²) in [5, 5.41) is 8.81. The lowest BCUT2D eigenvalue weighted by Gasteiger charge is -2.16. The van der Waals surface area contributed by atoms with Crippen molar-refractivity contribution in [3.8, 4) is 0 Å². The van der Waals surface area contributed by atoms with E-state index >= 15 is 0 Å². The average Bonchev–Trinajstić information content (AvgIpc) is 2.91. The Morgan fingerprint density at radius 1 is 1.53 bits per heavy atom. The molecular weight excluding hydrogens is 216 g/mol. The topological polar surface area (TPSA) is 66.0 Å². The number of rotatable bonds is 6. The zero-order valence-electron chi connectivity index (χ0n) is 11.2. The number of Topliss-reactive ketones (excluding diaryl/α,β-unsaturated/α-hetero) is 1. The number of aromatic amines is 1. The largest absolute Gasteiger partial charge is 0.389 e. The van der Waals surface area contributed by atoms with Crippen LogP contribution in [0.5, 0.6) is 0 Å². The van der Waals surface area contributed by atoms with Crippen molar-refractivity contribution in [2.24, 2.45) is 5.92 Å². The Hall–Kier alpha value is -1.16. The van der Waals surface area contributed by atoms with Gasteiger partial charge in [0.05, 0.1) is 6.33 Å². The molecule has 4 heteroatoms. The smallest absolute Gasteiger partial charge is 0.161 e. The minimum Gasteiger partial charge on any atom is -0.389 e. The molecule has 0 fully saturated rings. The summed E-state index contributed by atoms with van der Waals surface area (Å²) >= 11 is 0. The Labute approximate surface area is 103 Å². The van der Waals surface area contributed by atoms with Crippen LogP contribution in [0.15, 0.2) is 12.5 Å². The molecule has 98 valence electrons. The predicted molar refractivity (Wildman–Crippen MR) is 68.8 cm³/mol. The maximum Gasteiger partial charge on any atom is 0.161 e. The summed E-state index contributed by atoms with van der Waals surface area (Å²) in [5.74, 6) is 0.158. The number of nitrogens with one attached hydrogen (secondary N) is 1. The molecule has 2 N–H and O–H groups in total. The molecule has 1 aromatic rings. The molecule has 2 atom stereocenters. The zero-order chi connectivity index (χ0) is 13.3. The van der Waals surface area contributed by atoms with Crippen molar-refractivity contribution in [3.05, 3.63) is 18.2 Å². The van der Waals surface area contributed by atoms with E-state index in [0.29, 0.717) is 0 Å². The van der Waals surface area contributed by atoms with Crippen LogP contribution in [-0.2, 0) is 4.79 Å². The van der Waals surface area contributed by atoms with Gasteiger partial charge in [-0.1, -0.05) is 27.7 Å². The fraction of sp³-hybridized carbons (Fsp3) is 0.692. The van der Waals surface area contributed by atoms with Gasteiger partial charge in [0.15, 0.2) is 5.78 Å². The first-order valence-electron chi connectivity index (χ1n) is 6.30. The maximum atomic E-state index is 11.4. The van der Waals surface area contributed by atoms with E-state index in [0.717, 1.165) is 18.5 Å². The third-order valence-electron chi connectivity index (χ3n) is 2.79. The Morgan fingerprint density at radius 2 is 2.18 bits per heavy atom. The van der Waals surface area contributed by atoms with Crippen LogP contribution < -0.4 is 0 Å². The van der Waals surface area contributed by atoms with E-state index in [9.17, 15) is 4.79 Å². The van der Waals surface area contributed by atoms with Gasteiger partial charge >= 0.3 is 0 Å². The average molecular weight is 240 g/mol. The Kier molecular flexibility index (Phi) is 8.32. The highest BCUT2D eigenvalue weighted by Crippen LogP contribution is 2.23. The molecule has 17 heavy (non-hydrogen) atoms. The zero-order valence-corrected chi connectivity index (χ0v) is 11.2. The number of imidazole rings is 1. The number of hydrogen-bond acceptors (Lipinski definition) is 3. The Balaban J connectivity index is 0.00000121. The number of H-pyrrole nitrogens is 1. The van der Waals surface area contributed by atoms with Crippen molar-refractivity contribution in [2.45, 2.75) is 46.5 Å². The van der Waals surface area contributed by atoms with Gasteiger partial charge < -0.3 is 10.1 Å². The van der Waals surface area contributed by atoms with Crippen molar-refractivity contribution >= 4 is 5.78 Å². The molecule has 0 bridgehead atoms. The Bertz CT molecular complexity index is 296. The number of aliphatic hydroxyl groups excluding tert-OH is 1. The van der Waals surface area contributed by atoms with E-state index < -0.39 is 0 Å². The predicted octanol–water partition coefficient (Wildman–Crippen LogP) is 2.52. The first-order chi connectivity index (χ1) is 8.19. The normalized spacial score (nSPS) is 13.5. The van der Waals surface area contributed by atoms with E-state index in [2.05, 4.69) is 16.9 Å². The van der Waals surface area contributed by atoms with Gasteiger partial charge in [0.2, 0.25) is 0 Å². The van der Waals surface area contributed by atoms with Gasteiger partial charge in [0.1, 0.15) is 6.61 Å². The molecule has 0 aliphatic heterocycles. The molecule has 1 heterocycles. The summed E-state index contributed by atoms with van der Waals surface area (Å²) in [6, 6.07) is 0. The van der Waals surface area contributed by atoms with Gasteiger partial charge in [0.25, 0.3) is 0 Å². The highest BCUT2D eigenvalue weighted by molar-refractivity contribution is 5.81. The summed E-state index contributed by atoms with van der Waals surface area (Å²) in [4.78, 5) is 18.4. The molecule has 0 aliphatic rings. The number of hydrogen-bond donors (Lipinski definition) is 2. The molecule has 2 unspecified atom stereocenters. The second-order valence-corrected chi connectivity index (χ2v) is 3.87. The minimum atomic E-state index is -0.353. The van der Waals surface area contributed by atoms with Gasteiger partial charge in [-0.3, -0.25) is 4.79 Å². The van der Waals surface area contributed by atoms with Crippen LogP contribution in [0.2, 0.25) is 0 Å². The van der Waals surface area contributed by atoms with Crippen LogP contribution in [-0.4, -0.2) is 27.5 Å². The number of aromatic nitrogens is 2. The van der Waals surface area contributed by atoms with Gasteiger partial charge in [-0.25, -0.2) is 4.98 Å². The highest BCUT2D eigenvalue weighted by Gasteiger charge is 2.19. The second kappa shape index (κ2) is 8.93. The second-order valence-electron chi connectivity index (χ2n) is 3.87. The molecule has 0 radical (unpaired) electrons. The standard InChI is InChI=1S/C11H18N2O2.C2H6/c1-3-9(11(15)6-14)4-8(2)10-5-12-7-13-10;1-2/h5,7-9,14H,3-4,6H2,1-2H3,(H,12,13);1-2H3. The highest BCUT2D eigenvalue weighted by atomic mass is 16.3. The quantitative estimate of drug-likeness (QED) is 0.803. The Morgan fingerprint density at radius 3 is 2.59 bits per heavy atom. The number of carbonyl (C=O) groups is 1. The molecular formula is C13H24N2O2. The molecule has 1 aromatic heterocycles. The number of nitrogens with zero attached hydrogens (tertiary/aromatic N) is 1. The van der Waals surface area contributed by atoms with E-state index in [1.54, 1.807) is 12.5 Å². The van der Waals surface area contributed by atoms with Crippen LogP contribution in [0.3, 0.4) is 0 Å². The van der Waals surface area contributed by atoms with Gasteiger partial charge in [-0.15, -0.1) is 0 Å². The van der Waals surface area contributed by atoms with Crippen molar-refractivity contribution in [1.82, 2.24) is 9.97 Å². The molecule has 0 spiro atoms. The van der Waals surface area contributed by atoms with Crippen LogP contribution in [0.4, 0.5) is 0 Å². The summed E-state index contributed by atoms with van der Waals surface area (Å²) in [6.07, 6.45) is 4.96. The van der Waals surface area contributed by atoms with Crippen molar-refractivity contribution in [2.75, 3.05) is 6.61 Å². The molecule has 4 nitrogen and oxygen atoms in total. The van der Waals surface area contributed by atoms with Gasteiger partial charge in [-0.2, -0.15) is 0 Å². The third-order valence-corrected chi connectivity index (χ3v) is 2.79. The summed E-state index contributed by atoms with van der Waals surface area (Å²) in [5.41, 5.74) is 1.04. The minimum absolute atomic E-state index is 0.0479. The number of carbonyl (C=O) groups excluding carboxylic acids is 1. The van der Waals surface area contributed by atoms with E-state index in [4.69, 9.17) is 5.11 Å². The third kappa shape index (κ3) is 5.13. The molecule has 1 rings (SSSR count). The lowest BCUT2D eigenvalue weighted by molar-refractivity contribution is -0.126. The maximum absolute atomic E-state index is 11.4.